The number of tetrazole rings is 1. The molecule has 11 heteroatoms. The third-order valence-corrected chi connectivity index (χ3v) is 5.52. The lowest BCUT2D eigenvalue weighted by atomic mass is 10.1. The highest BCUT2D eigenvalue weighted by Crippen LogP contribution is 2.22. The first kappa shape index (κ1) is 25.7. The number of nitrogens with one attached hydrogen (secondary N) is 1. The maximum absolute atomic E-state index is 13.5. The van der Waals surface area contributed by atoms with Crippen molar-refractivity contribution in [3.63, 3.8) is 0 Å². The molecule has 1 saturated heterocycles. The SMILES string of the molecule is C#CCO[C@H](C)[C@H](NC(=O)OCC=C)C(=O)N1CCC[C@H]1Cn1nnnc1OCc1ccccc1. The molecule has 0 saturated carbocycles. The molecule has 0 spiro atoms. The van der Waals surface area contributed by atoms with Gasteiger partial charge in [0.05, 0.1) is 18.7 Å². The minimum Gasteiger partial charge on any atom is -0.458 e. The fraction of sp³-hybridized carbons (Fsp3) is 0.458. The van der Waals surface area contributed by atoms with Gasteiger partial charge in [0.2, 0.25) is 5.91 Å². The predicted molar refractivity (Wildman–Crippen MR) is 126 cm³/mol. The van der Waals surface area contributed by atoms with Crippen LogP contribution in [0.15, 0.2) is 43.0 Å². The van der Waals surface area contributed by atoms with Crippen molar-refractivity contribution in [1.82, 2.24) is 30.4 Å². The Balaban J connectivity index is 1.68. The largest absolute Gasteiger partial charge is 0.458 e. The van der Waals surface area contributed by atoms with Crippen molar-refractivity contribution in [3.8, 4) is 18.4 Å². The molecule has 186 valence electrons. The zero-order valence-corrected chi connectivity index (χ0v) is 19.7. The summed E-state index contributed by atoms with van der Waals surface area (Å²) in [5, 5.41) is 14.3. The van der Waals surface area contributed by atoms with E-state index in [1.807, 2.05) is 30.3 Å². The minimum absolute atomic E-state index is 0.00446. The van der Waals surface area contributed by atoms with Crippen LogP contribution in [0.1, 0.15) is 25.3 Å². The summed E-state index contributed by atoms with van der Waals surface area (Å²) >= 11 is 0. The molecule has 0 radical (unpaired) electrons. The summed E-state index contributed by atoms with van der Waals surface area (Å²) in [4.78, 5) is 27.4. The molecule has 1 N–H and O–H groups in total. The van der Waals surface area contributed by atoms with Crippen molar-refractivity contribution in [3.05, 3.63) is 48.6 Å². The van der Waals surface area contributed by atoms with E-state index in [1.54, 1.807) is 11.8 Å². The van der Waals surface area contributed by atoms with E-state index in [4.69, 9.17) is 20.6 Å². The molecule has 3 atom stereocenters. The van der Waals surface area contributed by atoms with Crippen molar-refractivity contribution in [2.45, 2.75) is 51.1 Å². The van der Waals surface area contributed by atoms with Crippen LogP contribution in [0.5, 0.6) is 6.01 Å². The molecule has 0 aliphatic carbocycles. The zero-order valence-electron chi connectivity index (χ0n) is 19.7. The van der Waals surface area contributed by atoms with Crippen LogP contribution in [0.25, 0.3) is 0 Å². The number of alkyl carbamates (subject to hydrolysis) is 1. The van der Waals surface area contributed by atoms with E-state index in [0.717, 1.165) is 18.4 Å². The van der Waals surface area contributed by atoms with Crippen LogP contribution < -0.4 is 10.1 Å². The Hall–Kier alpha value is -3.91. The molecule has 1 aliphatic heterocycles. The van der Waals surface area contributed by atoms with E-state index in [9.17, 15) is 9.59 Å². The van der Waals surface area contributed by atoms with Gasteiger partial charge in [-0.05, 0) is 35.8 Å². The summed E-state index contributed by atoms with van der Waals surface area (Å²) in [7, 11) is 0. The molecule has 2 amide bonds. The highest BCUT2D eigenvalue weighted by molar-refractivity contribution is 5.86. The summed E-state index contributed by atoms with van der Waals surface area (Å²) in [6, 6.07) is 8.76. The molecule has 0 unspecified atom stereocenters. The molecular weight excluding hydrogens is 452 g/mol. The maximum Gasteiger partial charge on any atom is 0.408 e. The van der Waals surface area contributed by atoms with Gasteiger partial charge >= 0.3 is 12.1 Å². The Morgan fingerprint density at radius 3 is 2.91 bits per heavy atom. The Morgan fingerprint density at radius 2 is 2.17 bits per heavy atom. The highest BCUT2D eigenvalue weighted by atomic mass is 16.5. The Morgan fingerprint density at radius 1 is 1.37 bits per heavy atom. The average Bonchev–Trinajstić information content (AvgIpc) is 3.53. The molecule has 1 aromatic heterocycles. The number of benzene rings is 1. The van der Waals surface area contributed by atoms with Gasteiger partial charge in [0.25, 0.3) is 0 Å². The molecule has 0 bridgehead atoms. The van der Waals surface area contributed by atoms with Crippen LogP contribution in [0.3, 0.4) is 0 Å². The summed E-state index contributed by atoms with van der Waals surface area (Å²) in [5.41, 5.74) is 0.984. The Kier molecular flexibility index (Phi) is 9.62. The van der Waals surface area contributed by atoms with E-state index in [-0.39, 0.29) is 31.2 Å². The van der Waals surface area contributed by atoms with Crippen molar-refractivity contribution < 1.29 is 23.8 Å². The van der Waals surface area contributed by atoms with Gasteiger partial charge in [-0.2, -0.15) is 4.68 Å². The van der Waals surface area contributed by atoms with Crippen LogP contribution in [0.2, 0.25) is 0 Å². The van der Waals surface area contributed by atoms with Crippen LogP contribution in [-0.4, -0.2) is 75.1 Å². The second kappa shape index (κ2) is 13.1. The van der Waals surface area contributed by atoms with Gasteiger partial charge in [-0.3, -0.25) is 4.79 Å². The smallest absolute Gasteiger partial charge is 0.408 e. The molecule has 11 nitrogen and oxygen atoms in total. The molecule has 35 heavy (non-hydrogen) atoms. The summed E-state index contributed by atoms with van der Waals surface area (Å²) in [6.45, 7) is 6.39. The molecular formula is C24H30N6O5. The Bertz CT molecular complexity index is 1020. The predicted octanol–water partition coefficient (Wildman–Crippen LogP) is 1.56. The quantitative estimate of drug-likeness (QED) is 0.357. The standard InChI is InChI=1S/C24H30N6O5/c1-4-14-33-18(3)21(25-24(32)34-15-5-2)22(31)29-13-9-12-20(29)16-30-23(26-27-28-30)35-17-19-10-7-6-8-11-19/h1,5-8,10-11,18,20-21H,2,9,12-17H2,3H3,(H,25,32)/t18-,20+,21+/m1/s1. The number of nitrogens with zero attached hydrogens (tertiary/aromatic N) is 5. The van der Waals surface area contributed by atoms with Crippen LogP contribution in [-0.2, 0) is 27.4 Å². The van der Waals surface area contributed by atoms with E-state index in [1.165, 1.54) is 10.8 Å². The highest BCUT2D eigenvalue weighted by Gasteiger charge is 2.37. The van der Waals surface area contributed by atoms with E-state index >= 15 is 0 Å². The first-order valence-electron chi connectivity index (χ1n) is 11.4. The van der Waals surface area contributed by atoms with Crippen molar-refractivity contribution in [2.24, 2.45) is 0 Å². The van der Waals surface area contributed by atoms with Gasteiger partial charge in [-0.15, -0.1) is 6.42 Å². The number of carbonyl (C=O) groups is 2. The third kappa shape index (κ3) is 7.28. The van der Waals surface area contributed by atoms with E-state index in [0.29, 0.717) is 19.7 Å². The molecule has 2 heterocycles. The van der Waals surface area contributed by atoms with Gasteiger partial charge in [0, 0.05) is 6.54 Å². The van der Waals surface area contributed by atoms with E-state index < -0.39 is 18.2 Å². The van der Waals surface area contributed by atoms with Crippen molar-refractivity contribution in [2.75, 3.05) is 19.8 Å². The maximum atomic E-state index is 13.5. The lowest BCUT2D eigenvalue weighted by Gasteiger charge is -2.31. The van der Waals surface area contributed by atoms with Crippen LogP contribution in [0, 0.1) is 12.3 Å². The number of carbonyl (C=O) groups excluding carboxylic acids is 2. The summed E-state index contributed by atoms with van der Waals surface area (Å²) in [6.07, 6.45) is 6.86. The first-order chi connectivity index (χ1) is 17.0. The number of hydrogen-bond donors (Lipinski definition) is 1. The van der Waals surface area contributed by atoms with Gasteiger partial charge in [-0.1, -0.05) is 54.0 Å². The number of likely N-dealkylation sites (tertiary alicyclic amines) is 1. The van der Waals surface area contributed by atoms with E-state index in [2.05, 4.69) is 33.3 Å². The summed E-state index contributed by atoms with van der Waals surface area (Å²) < 4.78 is 17.9. The number of terminal acetylenes is 1. The number of aromatic nitrogens is 4. The van der Waals surface area contributed by atoms with Crippen molar-refractivity contribution >= 4 is 12.0 Å². The fourth-order valence-electron chi connectivity index (χ4n) is 3.79. The number of ether oxygens (including phenoxy) is 3. The minimum atomic E-state index is -0.982. The van der Waals surface area contributed by atoms with Gasteiger partial charge < -0.3 is 24.4 Å². The topological polar surface area (TPSA) is 121 Å². The molecule has 1 fully saturated rings. The molecule has 2 aromatic rings. The Labute approximate surface area is 204 Å². The lowest BCUT2D eigenvalue weighted by Crippen LogP contribution is -2.56. The lowest BCUT2D eigenvalue weighted by molar-refractivity contribution is -0.138. The summed E-state index contributed by atoms with van der Waals surface area (Å²) in [5.74, 6) is 2.08. The molecule has 3 rings (SSSR count). The van der Waals surface area contributed by atoms with Gasteiger partial charge in [0.1, 0.15) is 25.9 Å². The number of hydrogen-bond acceptors (Lipinski definition) is 8. The normalized spacial score (nSPS) is 16.7. The van der Waals surface area contributed by atoms with Crippen LogP contribution >= 0.6 is 0 Å². The zero-order chi connectivity index (χ0) is 25.0. The molecule has 1 aromatic carbocycles. The fourth-order valence-corrected chi connectivity index (χ4v) is 3.79. The van der Waals surface area contributed by atoms with Crippen molar-refractivity contribution in [1.29, 1.82) is 0 Å². The van der Waals surface area contributed by atoms with Crippen LogP contribution in [0.4, 0.5) is 4.79 Å². The average molecular weight is 483 g/mol. The monoisotopic (exact) mass is 482 g/mol. The second-order valence-corrected chi connectivity index (χ2v) is 7.97. The number of rotatable bonds is 12. The first-order valence-corrected chi connectivity index (χ1v) is 11.4. The molecule has 1 aliphatic rings. The van der Waals surface area contributed by atoms with Gasteiger partial charge in [-0.25, -0.2) is 4.79 Å². The van der Waals surface area contributed by atoms with Gasteiger partial charge in [0.15, 0.2) is 0 Å². The second-order valence-electron chi connectivity index (χ2n) is 7.97. The number of amides is 2. The third-order valence-electron chi connectivity index (χ3n) is 5.52.